The number of carbonyl (C=O) groups is 2. The fourth-order valence-corrected chi connectivity index (χ4v) is 4.09. The predicted molar refractivity (Wildman–Crippen MR) is 92.3 cm³/mol. The molecule has 2 rings (SSSR count). The maximum absolute atomic E-state index is 12.1. The lowest BCUT2D eigenvalue weighted by atomic mass is 10.2. The van der Waals surface area contributed by atoms with E-state index < -0.39 is 33.9 Å². The van der Waals surface area contributed by atoms with Gasteiger partial charge in [-0.3, -0.25) is 4.79 Å². The van der Waals surface area contributed by atoms with Crippen LogP contribution in [-0.4, -0.2) is 50.6 Å². The van der Waals surface area contributed by atoms with Crippen molar-refractivity contribution in [2.45, 2.75) is 38.8 Å². The first kappa shape index (κ1) is 19.2. The Kier molecular flexibility index (Phi) is 6.41. The molecule has 1 amide bonds. The standard InChI is InChI=1S/C17H23NO6S/c1-3-9-23-15-6-4-13(5-7-15)17(20)24-12(2)16(19)18-14-8-10-25(21,22)11-14/h4-7,12,14H,3,8-11H2,1-2H3,(H,18,19)/t12-,14-/m0/s1. The van der Waals surface area contributed by atoms with Crippen molar-refractivity contribution in [3.8, 4) is 5.75 Å². The molecule has 25 heavy (non-hydrogen) atoms. The Hall–Kier alpha value is -2.09. The van der Waals surface area contributed by atoms with Gasteiger partial charge in [-0.15, -0.1) is 0 Å². The lowest BCUT2D eigenvalue weighted by molar-refractivity contribution is -0.129. The Bertz CT molecular complexity index is 713. The van der Waals surface area contributed by atoms with E-state index in [-0.39, 0.29) is 11.5 Å². The summed E-state index contributed by atoms with van der Waals surface area (Å²) in [5, 5.41) is 2.61. The molecule has 138 valence electrons. The van der Waals surface area contributed by atoms with Gasteiger partial charge in [-0.1, -0.05) is 6.92 Å². The van der Waals surface area contributed by atoms with Crippen molar-refractivity contribution < 1.29 is 27.5 Å². The average Bonchev–Trinajstić information content (AvgIpc) is 2.91. The summed E-state index contributed by atoms with van der Waals surface area (Å²) in [6.45, 7) is 4.05. The highest BCUT2D eigenvalue weighted by Gasteiger charge is 2.30. The average molecular weight is 369 g/mol. The van der Waals surface area contributed by atoms with Gasteiger partial charge in [-0.25, -0.2) is 13.2 Å². The van der Waals surface area contributed by atoms with Crippen molar-refractivity contribution in [3.05, 3.63) is 29.8 Å². The molecule has 1 saturated heterocycles. The number of carbonyl (C=O) groups excluding carboxylic acids is 2. The van der Waals surface area contributed by atoms with Crippen molar-refractivity contribution in [2.75, 3.05) is 18.1 Å². The van der Waals surface area contributed by atoms with Gasteiger partial charge in [0.05, 0.1) is 23.7 Å². The van der Waals surface area contributed by atoms with E-state index in [1.165, 1.54) is 6.92 Å². The van der Waals surface area contributed by atoms with Crippen LogP contribution in [0.5, 0.6) is 5.75 Å². The zero-order chi connectivity index (χ0) is 18.4. The van der Waals surface area contributed by atoms with Crippen LogP contribution >= 0.6 is 0 Å². The highest BCUT2D eigenvalue weighted by molar-refractivity contribution is 7.91. The van der Waals surface area contributed by atoms with Gasteiger partial charge in [0, 0.05) is 6.04 Å². The van der Waals surface area contributed by atoms with Crippen LogP contribution in [0.4, 0.5) is 0 Å². The maximum atomic E-state index is 12.1. The Labute approximate surface area is 147 Å². The zero-order valence-electron chi connectivity index (χ0n) is 14.4. The Balaban J connectivity index is 1.85. The first-order valence-electron chi connectivity index (χ1n) is 8.25. The van der Waals surface area contributed by atoms with E-state index in [0.717, 1.165) is 6.42 Å². The highest BCUT2D eigenvalue weighted by Crippen LogP contribution is 2.15. The van der Waals surface area contributed by atoms with E-state index in [0.29, 0.717) is 24.3 Å². The van der Waals surface area contributed by atoms with Crippen LogP contribution in [0.25, 0.3) is 0 Å². The van der Waals surface area contributed by atoms with Crippen LogP contribution in [0.3, 0.4) is 0 Å². The van der Waals surface area contributed by atoms with Gasteiger partial charge < -0.3 is 14.8 Å². The molecule has 0 spiro atoms. The normalized spacial score (nSPS) is 19.8. The third-order valence-electron chi connectivity index (χ3n) is 3.79. The van der Waals surface area contributed by atoms with E-state index >= 15 is 0 Å². The van der Waals surface area contributed by atoms with Gasteiger partial charge in [0.25, 0.3) is 5.91 Å². The second-order valence-corrected chi connectivity index (χ2v) is 8.26. The van der Waals surface area contributed by atoms with Crippen molar-refractivity contribution in [1.29, 1.82) is 0 Å². The molecule has 0 saturated carbocycles. The number of hydrogen-bond acceptors (Lipinski definition) is 6. The van der Waals surface area contributed by atoms with Crippen molar-refractivity contribution in [3.63, 3.8) is 0 Å². The number of esters is 1. The lowest BCUT2D eigenvalue weighted by Gasteiger charge is -2.16. The first-order valence-corrected chi connectivity index (χ1v) is 10.1. The van der Waals surface area contributed by atoms with Crippen LogP contribution in [0.1, 0.15) is 37.0 Å². The smallest absolute Gasteiger partial charge is 0.338 e. The summed E-state index contributed by atoms with van der Waals surface area (Å²) in [7, 11) is -3.08. The molecule has 7 nitrogen and oxygen atoms in total. The first-order chi connectivity index (χ1) is 11.8. The summed E-state index contributed by atoms with van der Waals surface area (Å²) in [5.74, 6) is -0.467. The van der Waals surface area contributed by atoms with E-state index in [2.05, 4.69) is 5.32 Å². The van der Waals surface area contributed by atoms with E-state index in [1.54, 1.807) is 24.3 Å². The minimum atomic E-state index is -3.08. The molecule has 0 radical (unpaired) electrons. The summed E-state index contributed by atoms with van der Waals surface area (Å²) >= 11 is 0. The third-order valence-corrected chi connectivity index (χ3v) is 5.56. The minimum absolute atomic E-state index is 0.0680. The van der Waals surface area contributed by atoms with E-state index in [4.69, 9.17) is 9.47 Å². The van der Waals surface area contributed by atoms with Crippen molar-refractivity contribution in [2.24, 2.45) is 0 Å². The zero-order valence-corrected chi connectivity index (χ0v) is 15.2. The Morgan fingerprint density at radius 2 is 1.96 bits per heavy atom. The molecular formula is C17H23NO6S. The minimum Gasteiger partial charge on any atom is -0.494 e. The molecule has 8 heteroatoms. The van der Waals surface area contributed by atoms with Gasteiger partial charge in [0.2, 0.25) is 0 Å². The molecule has 1 aliphatic rings. The number of ether oxygens (including phenoxy) is 2. The fraction of sp³-hybridized carbons (Fsp3) is 0.529. The van der Waals surface area contributed by atoms with Gasteiger partial charge in [-0.05, 0) is 44.0 Å². The molecule has 1 fully saturated rings. The summed E-state index contributed by atoms with van der Waals surface area (Å²) < 4.78 is 33.4. The fourth-order valence-electron chi connectivity index (χ4n) is 2.42. The predicted octanol–water partition coefficient (Wildman–Crippen LogP) is 1.32. The number of nitrogens with one attached hydrogen (secondary N) is 1. The Morgan fingerprint density at radius 3 is 2.52 bits per heavy atom. The monoisotopic (exact) mass is 369 g/mol. The van der Waals surface area contributed by atoms with Crippen molar-refractivity contribution in [1.82, 2.24) is 5.32 Å². The van der Waals surface area contributed by atoms with Crippen LogP contribution in [0, 0.1) is 0 Å². The van der Waals surface area contributed by atoms with Gasteiger partial charge in [0.1, 0.15) is 5.75 Å². The summed E-state index contributed by atoms with van der Waals surface area (Å²) in [6, 6.07) is 6.05. The largest absolute Gasteiger partial charge is 0.494 e. The topological polar surface area (TPSA) is 98.8 Å². The lowest BCUT2D eigenvalue weighted by Crippen LogP contribution is -2.42. The number of amides is 1. The molecule has 1 aromatic carbocycles. The van der Waals surface area contributed by atoms with Gasteiger partial charge in [-0.2, -0.15) is 0 Å². The van der Waals surface area contributed by atoms with Crippen molar-refractivity contribution >= 4 is 21.7 Å². The van der Waals surface area contributed by atoms with Crippen LogP contribution < -0.4 is 10.1 Å². The van der Waals surface area contributed by atoms with Crippen LogP contribution in [-0.2, 0) is 19.4 Å². The van der Waals surface area contributed by atoms with Crippen LogP contribution in [0.15, 0.2) is 24.3 Å². The number of sulfone groups is 1. The van der Waals surface area contributed by atoms with E-state index in [1.807, 2.05) is 6.92 Å². The quantitative estimate of drug-likeness (QED) is 0.728. The van der Waals surface area contributed by atoms with Gasteiger partial charge >= 0.3 is 5.97 Å². The second-order valence-electron chi connectivity index (χ2n) is 6.03. The number of rotatable bonds is 7. The molecule has 0 aromatic heterocycles. The summed E-state index contributed by atoms with van der Waals surface area (Å²) in [6.07, 6.45) is 0.263. The molecule has 0 bridgehead atoms. The van der Waals surface area contributed by atoms with E-state index in [9.17, 15) is 18.0 Å². The molecule has 1 aromatic rings. The number of benzene rings is 1. The van der Waals surface area contributed by atoms with Gasteiger partial charge in [0.15, 0.2) is 15.9 Å². The molecule has 1 aliphatic heterocycles. The molecular weight excluding hydrogens is 346 g/mol. The molecule has 0 aliphatic carbocycles. The number of hydrogen-bond donors (Lipinski definition) is 1. The molecule has 0 unspecified atom stereocenters. The molecule has 2 atom stereocenters. The van der Waals surface area contributed by atoms with Crippen LogP contribution in [0.2, 0.25) is 0 Å². The maximum Gasteiger partial charge on any atom is 0.338 e. The highest BCUT2D eigenvalue weighted by atomic mass is 32.2. The second kappa shape index (κ2) is 8.33. The third kappa shape index (κ3) is 5.74. The molecule has 1 heterocycles. The molecule has 1 N–H and O–H groups in total. The summed E-state index contributed by atoms with van der Waals surface area (Å²) in [4.78, 5) is 24.1. The SMILES string of the molecule is CCCOc1ccc(C(=O)O[C@@H](C)C(=O)N[C@H]2CCS(=O)(=O)C2)cc1. The summed E-state index contributed by atoms with van der Waals surface area (Å²) in [5.41, 5.74) is 0.312. The Morgan fingerprint density at radius 1 is 1.28 bits per heavy atom.